The Morgan fingerprint density at radius 1 is 1.25 bits per heavy atom. The lowest BCUT2D eigenvalue weighted by Crippen LogP contribution is -2.49. The summed E-state index contributed by atoms with van der Waals surface area (Å²) in [5.41, 5.74) is 5.92. The van der Waals surface area contributed by atoms with E-state index in [1.807, 2.05) is 30.3 Å². The van der Waals surface area contributed by atoms with Crippen LogP contribution in [-0.2, 0) is 20.7 Å². The summed E-state index contributed by atoms with van der Waals surface area (Å²) < 4.78 is 10.4. The average Bonchev–Trinajstić information content (AvgIpc) is 3.20. The molecule has 28 heavy (non-hydrogen) atoms. The smallest absolute Gasteiger partial charge is 0.227 e. The Hall–Kier alpha value is -2.74. The van der Waals surface area contributed by atoms with Crippen LogP contribution in [0.4, 0.5) is 0 Å². The Bertz CT molecular complexity index is 798. The first-order chi connectivity index (χ1) is 13.5. The Balaban J connectivity index is 1.51. The number of amides is 2. The molecule has 1 aliphatic heterocycles. The van der Waals surface area contributed by atoms with Crippen LogP contribution < -0.4 is 5.73 Å². The van der Waals surface area contributed by atoms with Gasteiger partial charge >= 0.3 is 0 Å². The van der Waals surface area contributed by atoms with E-state index in [-0.39, 0.29) is 18.2 Å². The van der Waals surface area contributed by atoms with Crippen molar-refractivity contribution in [2.45, 2.75) is 32.1 Å². The number of benzene rings is 1. The average molecular weight is 386 g/mol. The molecule has 2 N–H and O–H groups in total. The fraction of sp³-hybridized carbons (Fsp3) is 0.500. The van der Waals surface area contributed by atoms with Crippen LogP contribution in [-0.4, -0.2) is 53.7 Å². The number of aromatic nitrogens is 2. The van der Waals surface area contributed by atoms with E-state index < -0.39 is 5.41 Å². The predicted octanol–water partition coefficient (Wildman–Crippen LogP) is 1.80. The van der Waals surface area contributed by atoms with Gasteiger partial charge in [-0.3, -0.25) is 9.59 Å². The lowest BCUT2D eigenvalue weighted by Gasteiger charge is -2.39. The van der Waals surface area contributed by atoms with E-state index in [0.717, 1.165) is 5.56 Å². The van der Waals surface area contributed by atoms with Gasteiger partial charge < -0.3 is 19.9 Å². The van der Waals surface area contributed by atoms with Crippen LogP contribution in [0.25, 0.3) is 11.4 Å². The molecule has 1 aromatic carbocycles. The molecule has 3 rings (SSSR count). The van der Waals surface area contributed by atoms with E-state index in [1.165, 1.54) is 0 Å². The number of hydrogen-bond acceptors (Lipinski definition) is 6. The maximum Gasteiger partial charge on any atom is 0.227 e. The number of rotatable bonds is 8. The lowest BCUT2D eigenvalue weighted by molar-refractivity contribution is -0.139. The largest absolute Gasteiger partial charge is 0.385 e. The van der Waals surface area contributed by atoms with Gasteiger partial charge in [0, 0.05) is 45.2 Å². The zero-order valence-electron chi connectivity index (χ0n) is 16.1. The molecule has 2 amide bonds. The summed E-state index contributed by atoms with van der Waals surface area (Å²) in [5, 5.41) is 3.97. The molecular formula is C20H26N4O4. The Labute approximate surface area is 164 Å². The van der Waals surface area contributed by atoms with E-state index in [9.17, 15) is 9.59 Å². The fourth-order valence-electron chi connectivity index (χ4n) is 3.53. The lowest BCUT2D eigenvalue weighted by atomic mass is 9.75. The van der Waals surface area contributed by atoms with Crippen molar-refractivity contribution in [1.82, 2.24) is 15.0 Å². The molecular weight excluding hydrogens is 360 g/mol. The number of piperidine rings is 1. The molecule has 2 aromatic rings. The zero-order chi connectivity index (χ0) is 20.0. The van der Waals surface area contributed by atoms with Crippen LogP contribution in [0.1, 0.15) is 31.6 Å². The maximum atomic E-state index is 12.5. The summed E-state index contributed by atoms with van der Waals surface area (Å²) in [6.07, 6.45) is 2.40. The van der Waals surface area contributed by atoms with Crippen molar-refractivity contribution in [3.8, 4) is 11.4 Å². The first-order valence-corrected chi connectivity index (χ1v) is 9.49. The van der Waals surface area contributed by atoms with Crippen molar-refractivity contribution in [2.75, 3.05) is 26.8 Å². The Morgan fingerprint density at radius 3 is 2.61 bits per heavy atom. The van der Waals surface area contributed by atoms with Gasteiger partial charge in [-0.2, -0.15) is 4.98 Å². The number of primary amides is 1. The quantitative estimate of drug-likeness (QED) is 0.740. The SMILES string of the molecule is COCCC1(C(N)=O)CCN(C(=O)CCc2nc(-c3ccccc3)no2)CC1. The second kappa shape index (κ2) is 8.97. The Morgan fingerprint density at radius 2 is 1.96 bits per heavy atom. The standard InChI is InChI=1S/C20H26N4O4/c1-27-14-11-20(19(21)26)9-12-24(13-10-20)17(25)8-7-16-22-18(23-28-16)15-5-3-2-4-6-15/h2-6H,7-14H2,1H3,(H2,21,26). The van der Waals surface area contributed by atoms with Crippen LogP contribution in [0, 0.1) is 5.41 Å². The molecule has 0 spiro atoms. The highest BCUT2D eigenvalue weighted by molar-refractivity contribution is 5.82. The summed E-state index contributed by atoms with van der Waals surface area (Å²) >= 11 is 0. The van der Waals surface area contributed by atoms with E-state index in [1.54, 1.807) is 12.0 Å². The number of carbonyl (C=O) groups excluding carboxylic acids is 2. The molecule has 0 atom stereocenters. The van der Waals surface area contributed by atoms with Gasteiger partial charge in [-0.1, -0.05) is 35.5 Å². The van der Waals surface area contributed by atoms with Gasteiger partial charge in [-0.05, 0) is 19.3 Å². The minimum Gasteiger partial charge on any atom is -0.385 e. The summed E-state index contributed by atoms with van der Waals surface area (Å²) in [4.78, 5) is 30.6. The highest BCUT2D eigenvalue weighted by Gasteiger charge is 2.40. The van der Waals surface area contributed by atoms with Crippen LogP contribution in [0.2, 0.25) is 0 Å². The molecule has 0 saturated carbocycles. The fourth-order valence-corrected chi connectivity index (χ4v) is 3.53. The Kier molecular flexibility index (Phi) is 6.41. The highest BCUT2D eigenvalue weighted by atomic mass is 16.5. The molecule has 1 aliphatic rings. The summed E-state index contributed by atoms with van der Waals surface area (Å²) in [5.74, 6) is 0.668. The van der Waals surface area contributed by atoms with Crippen molar-refractivity contribution in [3.63, 3.8) is 0 Å². The van der Waals surface area contributed by atoms with Crippen LogP contribution >= 0.6 is 0 Å². The first-order valence-electron chi connectivity index (χ1n) is 9.49. The van der Waals surface area contributed by atoms with Crippen LogP contribution in [0.3, 0.4) is 0 Å². The number of likely N-dealkylation sites (tertiary alicyclic amines) is 1. The second-order valence-electron chi connectivity index (χ2n) is 7.15. The zero-order valence-corrected chi connectivity index (χ0v) is 16.1. The number of aryl methyl sites for hydroxylation is 1. The number of carbonyl (C=O) groups is 2. The maximum absolute atomic E-state index is 12.5. The van der Waals surface area contributed by atoms with Crippen LogP contribution in [0.15, 0.2) is 34.9 Å². The van der Waals surface area contributed by atoms with Gasteiger partial charge in [-0.15, -0.1) is 0 Å². The van der Waals surface area contributed by atoms with E-state index in [4.69, 9.17) is 15.0 Å². The summed E-state index contributed by atoms with van der Waals surface area (Å²) in [6.45, 7) is 1.52. The third-order valence-corrected chi connectivity index (χ3v) is 5.43. The van der Waals surface area contributed by atoms with Gasteiger partial charge in [0.2, 0.25) is 23.5 Å². The normalized spacial score (nSPS) is 16.1. The number of methoxy groups -OCH3 is 1. The summed E-state index contributed by atoms with van der Waals surface area (Å²) in [7, 11) is 1.61. The van der Waals surface area contributed by atoms with E-state index >= 15 is 0 Å². The molecule has 0 aliphatic carbocycles. The molecule has 0 bridgehead atoms. The third-order valence-electron chi connectivity index (χ3n) is 5.43. The van der Waals surface area contributed by atoms with Crippen LogP contribution in [0.5, 0.6) is 0 Å². The van der Waals surface area contributed by atoms with Gasteiger partial charge in [0.1, 0.15) is 0 Å². The highest BCUT2D eigenvalue weighted by Crippen LogP contribution is 2.35. The predicted molar refractivity (Wildman–Crippen MR) is 102 cm³/mol. The van der Waals surface area contributed by atoms with E-state index in [2.05, 4.69) is 10.1 Å². The number of nitrogens with two attached hydrogens (primary N) is 1. The molecule has 2 heterocycles. The molecule has 8 nitrogen and oxygen atoms in total. The van der Waals surface area contributed by atoms with E-state index in [0.29, 0.717) is 57.1 Å². The third kappa shape index (κ3) is 4.56. The van der Waals surface area contributed by atoms with Gasteiger partial charge in [0.05, 0.1) is 5.41 Å². The van der Waals surface area contributed by atoms with Gasteiger partial charge in [0.15, 0.2) is 0 Å². The monoisotopic (exact) mass is 386 g/mol. The number of nitrogens with zero attached hydrogens (tertiary/aromatic N) is 3. The topological polar surface area (TPSA) is 112 Å². The number of hydrogen-bond donors (Lipinski definition) is 1. The van der Waals surface area contributed by atoms with Crippen molar-refractivity contribution in [1.29, 1.82) is 0 Å². The summed E-state index contributed by atoms with van der Waals surface area (Å²) in [6, 6.07) is 9.54. The molecule has 0 radical (unpaired) electrons. The first kappa shape index (κ1) is 20.0. The molecule has 150 valence electrons. The van der Waals surface area contributed by atoms with Gasteiger partial charge in [0.25, 0.3) is 0 Å². The van der Waals surface area contributed by atoms with Crippen molar-refractivity contribution in [2.24, 2.45) is 11.1 Å². The number of ether oxygens (including phenoxy) is 1. The minimum absolute atomic E-state index is 0.0178. The second-order valence-corrected chi connectivity index (χ2v) is 7.15. The molecule has 8 heteroatoms. The molecule has 1 fully saturated rings. The van der Waals surface area contributed by atoms with Crippen molar-refractivity contribution >= 4 is 11.8 Å². The van der Waals surface area contributed by atoms with Crippen molar-refractivity contribution < 1.29 is 18.8 Å². The van der Waals surface area contributed by atoms with Crippen molar-refractivity contribution in [3.05, 3.63) is 36.2 Å². The molecule has 1 saturated heterocycles. The minimum atomic E-state index is -0.580. The van der Waals surface area contributed by atoms with Gasteiger partial charge in [-0.25, -0.2) is 0 Å². The molecule has 1 aromatic heterocycles. The molecule has 0 unspecified atom stereocenters.